The molecule has 29 heavy (non-hydrogen) atoms. The number of amides is 1. The molecule has 1 aliphatic heterocycles. The van der Waals surface area contributed by atoms with Gasteiger partial charge in [-0.05, 0) is 51.1 Å². The minimum Gasteiger partial charge on any atom is -0.351 e. The van der Waals surface area contributed by atoms with E-state index in [1.54, 1.807) is 22.4 Å². The van der Waals surface area contributed by atoms with Crippen LogP contribution in [0.3, 0.4) is 0 Å². The number of hydrogen-bond acceptors (Lipinski definition) is 7. The highest BCUT2D eigenvalue weighted by atomic mass is 32.1. The summed E-state index contributed by atoms with van der Waals surface area (Å²) in [6, 6.07) is 12.3. The summed E-state index contributed by atoms with van der Waals surface area (Å²) in [5.74, 6) is 0.998. The van der Waals surface area contributed by atoms with E-state index in [2.05, 4.69) is 25.0 Å². The first-order valence-corrected chi connectivity index (χ1v) is 10.9. The van der Waals surface area contributed by atoms with Crippen molar-refractivity contribution < 1.29 is 4.79 Å². The molecular weight excluding hydrogens is 384 g/mol. The standard InChI is InChI=1S/C21H26N6OS/c1-3-26(21-23-17-9-4-5-10-18(17)29-21)20(28)15-25(2)14-16-8-7-13-27(16)19-11-6-12-22-24-19/h4-6,9-12,16H,3,7-8,13-15H2,1-2H3. The lowest BCUT2D eigenvalue weighted by molar-refractivity contribution is -0.119. The lowest BCUT2D eigenvalue weighted by Gasteiger charge is -2.29. The molecule has 1 amide bonds. The van der Waals surface area contributed by atoms with Gasteiger partial charge >= 0.3 is 0 Å². The van der Waals surface area contributed by atoms with Gasteiger partial charge < -0.3 is 4.90 Å². The molecule has 7 nitrogen and oxygen atoms in total. The maximum Gasteiger partial charge on any atom is 0.242 e. The van der Waals surface area contributed by atoms with E-state index < -0.39 is 0 Å². The van der Waals surface area contributed by atoms with E-state index in [0.717, 1.165) is 47.1 Å². The largest absolute Gasteiger partial charge is 0.351 e. The Morgan fingerprint density at radius 1 is 1.28 bits per heavy atom. The summed E-state index contributed by atoms with van der Waals surface area (Å²) in [6.45, 7) is 4.78. The molecule has 3 aromatic rings. The number of likely N-dealkylation sites (N-methyl/N-ethyl adjacent to an activating group) is 2. The van der Waals surface area contributed by atoms with E-state index in [1.807, 2.05) is 50.4 Å². The Morgan fingerprint density at radius 3 is 2.90 bits per heavy atom. The van der Waals surface area contributed by atoms with Crippen LogP contribution in [0.25, 0.3) is 10.2 Å². The molecule has 0 N–H and O–H groups in total. The number of para-hydroxylation sites is 1. The first-order valence-electron chi connectivity index (χ1n) is 10.0. The van der Waals surface area contributed by atoms with Gasteiger partial charge in [-0.25, -0.2) is 4.98 Å². The Kier molecular flexibility index (Phi) is 6.01. The van der Waals surface area contributed by atoms with Crippen LogP contribution in [0.5, 0.6) is 0 Å². The Bertz CT molecular complexity index is 929. The van der Waals surface area contributed by atoms with Gasteiger partial charge in [0, 0.05) is 31.9 Å². The van der Waals surface area contributed by atoms with Crippen molar-refractivity contribution in [3.05, 3.63) is 42.6 Å². The number of aromatic nitrogens is 3. The summed E-state index contributed by atoms with van der Waals surface area (Å²) in [5, 5.41) is 9.03. The van der Waals surface area contributed by atoms with Crippen LogP contribution in [-0.4, -0.2) is 65.3 Å². The molecule has 0 bridgehead atoms. The smallest absolute Gasteiger partial charge is 0.242 e. The number of hydrogen-bond donors (Lipinski definition) is 0. The molecule has 152 valence electrons. The highest BCUT2D eigenvalue weighted by molar-refractivity contribution is 7.22. The molecule has 2 aromatic heterocycles. The van der Waals surface area contributed by atoms with Gasteiger partial charge in [0.15, 0.2) is 10.9 Å². The monoisotopic (exact) mass is 410 g/mol. The zero-order chi connectivity index (χ0) is 20.2. The lowest BCUT2D eigenvalue weighted by Crippen LogP contribution is -2.44. The normalized spacial score (nSPS) is 16.7. The fraction of sp³-hybridized carbons (Fsp3) is 0.429. The van der Waals surface area contributed by atoms with Crippen molar-refractivity contribution in [2.45, 2.75) is 25.8 Å². The highest BCUT2D eigenvalue weighted by Gasteiger charge is 2.28. The minimum absolute atomic E-state index is 0.0816. The summed E-state index contributed by atoms with van der Waals surface area (Å²) in [4.78, 5) is 23.9. The SMILES string of the molecule is CCN(C(=O)CN(C)CC1CCCN1c1cccnn1)c1nc2ccccc2s1. The fourth-order valence-electron chi connectivity index (χ4n) is 3.91. The van der Waals surface area contributed by atoms with E-state index in [-0.39, 0.29) is 5.91 Å². The van der Waals surface area contributed by atoms with Gasteiger partial charge in [-0.15, -0.1) is 5.10 Å². The second kappa shape index (κ2) is 8.84. The summed E-state index contributed by atoms with van der Waals surface area (Å²) in [6.07, 6.45) is 3.93. The zero-order valence-corrected chi connectivity index (χ0v) is 17.7. The fourth-order valence-corrected chi connectivity index (χ4v) is 4.95. The zero-order valence-electron chi connectivity index (χ0n) is 16.9. The molecule has 1 unspecified atom stereocenters. The first kappa shape index (κ1) is 19.7. The van der Waals surface area contributed by atoms with E-state index in [9.17, 15) is 4.79 Å². The summed E-state index contributed by atoms with van der Waals surface area (Å²) >= 11 is 1.57. The van der Waals surface area contributed by atoms with Gasteiger partial charge in [0.2, 0.25) is 5.91 Å². The van der Waals surface area contributed by atoms with Crippen molar-refractivity contribution in [1.29, 1.82) is 0 Å². The molecule has 1 atom stereocenters. The number of benzene rings is 1. The Labute approximate surface area is 175 Å². The average Bonchev–Trinajstić information content (AvgIpc) is 3.35. The Morgan fingerprint density at radius 2 is 2.14 bits per heavy atom. The number of carbonyl (C=O) groups excluding carboxylic acids is 1. The van der Waals surface area contributed by atoms with Gasteiger partial charge in [0.25, 0.3) is 0 Å². The quantitative estimate of drug-likeness (QED) is 0.597. The number of carbonyl (C=O) groups is 1. The first-order chi connectivity index (χ1) is 14.2. The predicted octanol–water partition coefficient (Wildman–Crippen LogP) is 3.04. The van der Waals surface area contributed by atoms with Crippen LogP contribution in [0.2, 0.25) is 0 Å². The van der Waals surface area contributed by atoms with Gasteiger partial charge in [-0.1, -0.05) is 23.5 Å². The number of nitrogens with zero attached hydrogens (tertiary/aromatic N) is 6. The van der Waals surface area contributed by atoms with Gasteiger partial charge in [-0.3, -0.25) is 14.6 Å². The molecular formula is C21H26N6OS. The van der Waals surface area contributed by atoms with Crippen LogP contribution in [0, 0.1) is 0 Å². The van der Waals surface area contributed by atoms with Crippen molar-refractivity contribution in [2.24, 2.45) is 0 Å². The van der Waals surface area contributed by atoms with Crippen LogP contribution in [0.4, 0.5) is 10.9 Å². The second-order valence-corrected chi connectivity index (χ2v) is 8.38. The molecule has 4 rings (SSSR count). The maximum atomic E-state index is 13.0. The molecule has 0 aliphatic carbocycles. The topological polar surface area (TPSA) is 65.5 Å². The van der Waals surface area contributed by atoms with Crippen LogP contribution < -0.4 is 9.80 Å². The average molecular weight is 411 g/mol. The number of fused-ring (bicyclic) bond motifs is 1. The van der Waals surface area contributed by atoms with E-state index >= 15 is 0 Å². The molecule has 8 heteroatoms. The van der Waals surface area contributed by atoms with Crippen molar-refractivity contribution in [3.8, 4) is 0 Å². The van der Waals surface area contributed by atoms with Crippen LogP contribution in [-0.2, 0) is 4.79 Å². The number of rotatable bonds is 7. The molecule has 1 fully saturated rings. The molecule has 0 spiro atoms. The highest BCUT2D eigenvalue weighted by Crippen LogP contribution is 2.29. The van der Waals surface area contributed by atoms with Gasteiger partial charge in [0.05, 0.1) is 16.8 Å². The molecule has 1 saturated heterocycles. The third-order valence-corrected chi connectivity index (χ3v) is 6.35. The third kappa shape index (κ3) is 4.38. The number of thiazole rings is 1. The van der Waals surface area contributed by atoms with Crippen molar-refractivity contribution >= 4 is 38.4 Å². The van der Waals surface area contributed by atoms with Crippen molar-refractivity contribution in [3.63, 3.8) is 0 Å². The molecule has 1 aliphatic rings. The Hall–Kier alpha value is -2.58. The summed E-state index contributed by atoms with van der Waals surface area (Å²) in [7, 11) is 2.01. The summed E-state index contributed by atoms with van der Waals surface area (Å²) < 4.78 is 1.10. The minimum atomic E-state index is 0.0816. The van der Waals surface area contributed by atoms with E-state index in [0.29, 0.717) is 19.1 Å². The van der Waals surface area contributed by atoms with Crippen LogP contribution in [0.1, 0.15) is 19.8 Å². The lowest BCUT2D eigenvalue weighted by atomic mass is 10.2. The number of anilines is 2. The predicted molar refractivity (Wildman–Crippen MR) is 118 cm³/mol. The van der Waals surface area contributed by atoms with Crippen LogP contribution in [0.15, 0.2) is 42.6 Å². The third-order valence-electron chi connectivity index (χ3n) is 5.29. The molecule has 0 saturated carbocycles. The summed E-state index contributed by atoms with van der Waals surface area (Å²) in [5.41, 5.74) is 0.942. The maximum absolute atomic E-state index is 13.0. The van der Waals surface area contributed by atoms with Gasteiger partial charge in [-0.2, -0.15) is 5.10 Å². The van der Waals surface area contributed by atoms with Crippen molar-refractivity contribution in [2.75, 3.05) is 43.0 Å². The van der Waals surface area contributed by atoms with E-state index in [1.165, 1.54) is 0 Å². The second-order valence-electron chi connectivity index (χ2n) is 7.37. The van der Waals surface area contributed by atoms with Crippen LogP contribution >= 0.6 is 11.3 Å². The van der Waals surface area contributed by atoms with Gasteiger partial charge in [0.1, 0.15) is 0 Å². The molecule has 0 radical (unpaired) electrons. The van der Waals surface area contributed by atoms with Crippen molar-refractivity contribution in [1.82, 2.24) is 20.1 Å². The molecule has 1 aromatic carbocycles. The van der Waals surface area contributed by atoms with E-state index in [4.69, 9.17) is 0 Å². The Balaban J connectivity index is 1.40. The molecule has 3 heterocycles.